The lowest BCUT2D eigenvalue weighted by atomic mass is 10.6. The third-order valence-electron chi connectivity index (χ3n) is 0.371. The van der Waals surface area contributed by atoms with Crippen LogP contribution in [0.5, 0.6) is 0 Å². The molecule has 0 atom stereocenters. The van der Waals surface area contributed by atoms with Crippen LogP contribution < -0.4 is 5.73 Å². The lowest BCUT2D eigenvalue weighted by Gasteiger charge is -1.71. The van der Waals surface area contributed by atoms with E-state index in [4.69, 9.17) is 20.1 Å². The predicted molar refractivity (Wildman–Crippen MR) is 41.2 cm³/mol. The second kappa shape index (κ2) is 11.2. The molecule has 5 nitrogen and oxygen atoms in total. The summed E-state index contributed by atoms with van der Waals surface area (Å²) < 4.78 is 8.74. The van der Waals surface area contributed by atoms with Crippen LogP contribution in [0.2, 0.25) is 0 Å². The van der Waals surface area contributed by atoms with Crippen molar-refractivity contribution in [2.75, 3.05) is 6.54 Å². The van der Waals surface area contributed by atoms with E-state index in [9.17, 15) is 0 Å². The first-order valence-corrected chi connectivity index (χ1v) is 3.66. The van der Waals surface area contributed by atoms with Crippen LogP contribution in [-0.4, -0.2) is 23.0 Å². The molecule has 6 heteroatoms. The van der Waals surface area contributed by atoms with Gasteiger partial charge in [0.15, 0.2) is 0 Å². The van der Waals surface area contributed by atoms with Gasteiger partial charge < -0.3 is 15.5 Å². The van der Waals surface area contributed by atoms with E-state index in [1.54, 1.807) is 6.08 Å². The van der Waals surface area contributed by atoms with Crippen molar-refractivity contribution in [2.24, 2.45) is 10.7 Å². The van der Waals surface area contributed by atoms with E-state index in [1.807, 2.05) is 0 Å². The molecular formula is C4H11N2O3P. The third-order valence-corrected chi connectivity index (χ3v) is 0.371. The molecule has 0 amide bonds. The van der Waals surface area contributed by atoms with Gasteiger partial charge >= 0.3 is 8.25 Å². The van der Waals surface area contributed by atoms with Crippen molar-refractivity contribution in [3.63, 3.8) is 0 Å². The monoisotopic (exact) mass is 166 g/mol. The lowest BCUT2D eigenvalue weighted by molar-refractivity contribution is 0.405. The first kappa shape index (κ1) is 12.1. The Labute approximate surface area is 59.9 Å². The van der Waals surface area contributed by atoms with Gasteiger partial charge in [0.2, 0.25) is 0 Å². The number of rotatable bonds is 2. The van der Waals surface area contributed by atoms with Crippen molar-refractivity contribution in [3.05, 3.63) is 12.3 Å². The molecule has 0 fully saturated rings. The van der Waals surface area contributed by atoms with Crippen molar-refractivity contribution < 1.29 is 14.4 Å². The van der Waals surface area contributed by atoms with Crippen LogP contribution in [0.25, 0.3) is 0 Å². The first-order valence-electron chi connectivity index (χ1n) is 2.36. The number of hydrogen-bond acceptors (Lipinski definition) is 3. The molecule has 60 valence electrons. The minimum absolute atomic E-state index is 0.622. The molecule has 0 aromatic carbocycles. The van der Waals surface area contributed by atoms with Crippen molar-refractivity contribution in [1.29, 1.82) is 0 Å². The van der Waals surface area contributed by atoms with E-state index in [-0.39, 0.29) is 0 Å². The predicted octanol–water partition coefficient (Wildman–Crippen LogP) is -0.480. The SMILES string of the molecule is C=NCC=CN.O=[PH](O)O. The number of hydrogen-bond donors (Lipinski definition) is 3. The van der Waals surface area contributed by atoms with Gasteiger partial charge in [0, 0.05) is 0 Å². The standard InChI is InChI=1S/C4H8N2.H3O3P/c1-6-4-2-3-5;1-4(2)3/h2-3H,1,4-5H2;4H,(H2,1,2,3). The summed E-state index contributed by atoms with van der Waals surface area (Å²) in [6.45, 7) is 3.86. The van der Waals surface area contributed by atoms with Crippen LogP contribution in [0.4, 0.5) is 0 Å². The molecule has 0 unspecified atom stereocenters. The molecule has 4 N–H and O–H groups in total. The Kier molecular flexibility index (Phi) is 13.5. The van der Waals surface area contributed by atoms with Crippen LogP contribution in [0.3, 0.4) is 0 Å². The highest BCUT2D eigenvalue weighted by Gasteiger charge is 1.61. The van der Waals surface area contributed by atoms with Crippen molar-refractivity contribution in [3.8, 4) is 0 Å². The number of aliphatic imine (C=N–C) groups is 1. The average molecular weight is 166 g/mol. The zero-order valence-corrected chi connectivity index (χ0v) is 6.40. The molecule has 0 saturated carbocycles. The largest absolute Gasteiger partial charge is 0.405 e. The highest BCUT2D eigenvalue weighted by molar-refractivity contribution is 7.30. The van der Waals surface area contributed by atoms with Gasteiger partial charge in [-0.1, -0.05) is 0 Å². The summed E-state index contributed by atoms with van der Waals surface area (Å²) in [6.07, 6.45) is 3.18. The Morgan fingerprint density at radius 2 is 2.10 bits per heavy atom. The van der Waals surface area contributed by atoms with Crippen molar-refractivity contribution in [1.82, 2.24) is 0 Å². The Hall–Kier alpha value is -0.640. The van der Waals surface area contributed by atoms with Gasteiger partial charge in [-0.2, -0.15) is 0 Å². The van der Waals surface area contributed by atoms with E-state index in [0.717, 1.165) is 0 Å². The summed E-state index contributed by atoms with van der Waals surface area (Å²) in [4.78, 5) is 17.8. The van der Waals surface area contributed by atoms with Crippen LogP contribution in [0.1, 0.15) is 0 Å². The Morgan fingerprint density at radius 3 is 2.20 bits per heavy atom. The highest BCUT2D eigenvalue weighted by Crippen LogP contribution is 1.98. The summed E-state index contributed by atoms with van der Waals surface area (Å²) >= 11 is 0. The fourth-order valence-corrected chi connectivity index (χ4v) is 0.135. The van der Waals surface area contributed by atoms with Gasteiger partial charge in [-0.3, -0.25) is 9.56 Å². The highest BCUT2D eigenvalue weighted by atomic mass is 31.1. The Morgan fingerprint density at radius 1 is 1.70 bits per heavy atom. The molecule has 0 rings (SSSR count). The maximum absolute atomic E-state index is 8.74. The summed E-state index contributed by atoms with van der Waals surface area (Å²) in [6, 6.07) is 0. The van der Waals surface area contributed by atoms with Gasteiger partial charge in [0.1, 0.15) is 0 Å². The van der Waals surface area contributed by atoms with Crippen LogP contribution in [0.15, 0.2) is 17.3 Å². The molecule has 0 aliphatic carbocycles. The molecule has 0 heterocycles. The molecule has 10 heavy (non-hydrogen) atoms. The van der Waals surface area contributed by atoms with Gasteiger partial charge in [-0.05, 0) is 19.0 Å². The zero-order chi connectivity index (χ0) is 8.41. The molecule has 0 aromatic rings. The number of nitrogens with zero attached hydrogens (tertiary/aromatic N) is 1. The summed E-state index contributed by atoms with van der Waals surface area (Å²) in [5.74, 6) is 0. The van der Waals surface area contributed by atoms with Crippen molar-refractivity contribution >= 4 is 15.0 Å². The zero-order valence-electron chi connectivity index (χ0n) is 5.40. The molecular weight excluding hydrogens is 155 g/mol. The Bertz CT molecular complexity index is 122. The third kappa shape index (κ3) is 53.5. The molecule has 0 radical (unpaired) electrons. The quantitative estimate of drug-likeness (QED) is 0.381. The molecule has 0 bridgehead atoms. The van der Waals surface area contributed by atoms with Gasteiger partial charge in [0.05, 0.1) is 6.54 Å². The molecule has 0 aliphatic heterocycles. The maximum atomic E-state index is 8.74. The fourth-order valence-electron chi connectivity index (χ4n) is 0.135. The van der Waals surface area contributed by atoms with E-state index in [2.05, 4.69) is 11.7 Å². The van der Waals surface area contributed by atoms with E-state index in [1.165, 1.54) is 6.20 Å². The second-order valence-electron chi connectivity index (χ2n) is 1.12. The molecule has 0 saturated heterocycles. The average Bonchev–Trinajstić information content (AvgIpc) is 1.82. The molecule has 0 aromatic heterocycles. The van der Waals surface area contributed by atoms with Crippen molar-refractivity contribution in [2.45, 2.75) is 0 Å². The summed E-state index contributed by atoms with van der Waals surface area (Å²) in [5, 5.41) is 0. The van der Waals surface area contributed by atoms with Gasteiger partial charge in [0.25, 0.3) is 0 Å². The smallest absolute Gasteiger partial charge is 0.314 e. The Balaban J connectivity index is 0. The summed E-state index contributed by atoms with van der Waals surface area (Å²) in [7, 11) is -3.13. The minimum Gasteiger partial charge on any atom is -0.405 e. The van der Waals surface area contributed by atoms with E-state index >= 15 is 0 Å². The normalized spacial score (nSPS) is 9.10. The van der Waals surface area contributed by atoms with E-state index < -0.39 is 8.25 Å². The van der Waals surface area contributed by atoms with Crippen LogP contribution in [0, 0.1) is 0 Å². The second-order valence-corrected chi connectivity index (χ2v) is 1.68. The summed E-state index contributed by atoms with van der Waals surface area (Å²) in [5.41, 5.74) is 4.95. The van der Waals surface area contributed by atoms with Crippen LogP contribution >= 0.6 is 8.25 Å². The minimum atomic E-state index is -3.13. The first-order chi connectivity index (χ1) is 4.65. The van der Waals surface area contributed by atoms with Gasteiger partial charge in [-0.15, -0.1) is 0 Å². The molecule has 0 aliphatic rings. The number of nitrogens with two attached hydrogens (primary N) is 1. The topological polar surface area (TPSA) is 95.9 Å². The van der Waals surface area contributed by atoms with Gasteiger partial charge in [-0.25, -0.2) is 0 Å². The van der Waals surface area contributed by atoms with Crippen LogP contribution in [-0.2, 0) is 4.57 Å². The van der Waals surface area contributed by atoms with E-state index in [0.29, 0.717) is 6.54 Å². The fraction of sp³-hybridized carbons (Fsp3) is 0.250. The maximum Gasteiger partial charge on any atom is 0.314 e. The molecule has 0 spiro atoms. The lowest BCUT2D eigenvalue weighted by Crippen LogP contribution is -1.77.